The lowest BCUT2D eigenvalue weighted by molar-refractivity contribution is -0.149. The molecule has 1 aliphatic heterocycles. The SMILES string of the molecule is C=CCNC1(C(=O)O)COCc2ccccc21. The van der Waals surface area contributed by atoms with E-state index < -0.39 is 11.5 Å². The summed E-state index contributed by atoms with van der Waals surface area (Å²) >= 11 is 0. The van der Waals surface area contributed by atoms with Gasteiger partial charge in [0.05, 0.1) is 13.2 Å². The van der Waals surface area contributed by atoms with Crippen molar-refractivity contribution in [2.75, 3.05) is 13.2 Å². The minimum absolute atomic E-state index is 0.132. The average Bonchev–Trinajstić information content (AvgIpc) is 2.36. The van der Waals surface area contributed by atoms with E-state index in [1.165, 1.54) is 0 Å². The van der Waals surface area contributed by atoms with Crippen LogP contribution in [0.1, 0.15) is 11.1 Å². The van der Waals surface area contributed by atoms with E-state index >= 15 is 0 Å². The molecule has 0 saturated heterocycles. The van der Waals surface area contributed by atoms with E-state index in [-0.39, 0.29) is 6.61 Å². The summed E-state index contributed by atoms with van der Waals surface area (Å²) in [5, 5.41) is 12.5. The lowest BCUT2D eigenvalue weighted by atomic mass is 9.85. The quantitative estimate of drug-likeness (QED) is 0.769. The summed E-state index contributed by atoms with van der Waals surface area (Å²) in [6.07, 6.45) is 1.64. The Bertz CT molecular complexity index is 444. The van der Waals surface area contributed by atoms with Gasteiger partial charge in [-0.15, -0.1) is 6.58 Å². The molecule has 2 N–H and O–H groups in total. The molecule has 1 atom stereocenters. The first-order valence-corrected chi connectivity index (χ1v) is 5.46. The Morgan fingerprint density at radius 3 is 3.06 bits per heavy atom. The number of hydrogen-bond acceptors (Lipinski definition) is 3. The summed E-state index contributed by atoms with van der Waals surface area (Å²) in [4.78, 5) is 11.6. The van der Waals surface area contributed by atoms with Crippen molar-refractivity contribution in [2.45, 2.75) is 12.1 Å². The van der Waals surface area contributed by atoms with Gasteiger partial charge in [0.2, 0.25) is 0 Å². The van der Waals surface area contributed by atoms with Crippen LogP contribution in [-0.2, 0) is 21.7 Å². The molecule has 90 valence electrons. The van der Waals surface area contributed by atoms with Crippen molar-refractivity contribution >= 4 is 5.97 Å². The van der Waals surface area contributed by atoms with Crippen LogP contribution in [0, 0.1) is 0 Å². The van der Waals surface area contributed by atoms with E-state index in [4.69, 9.17) is 4.74 Å². The fourth-order valence-corrected chi connectivity index (χ4v) is 2.10. The standard InChI is InChI=1S/C13H15NO3/c1-2-7-14-13(12(15)16)9-17-8-10-5-3-4-6-11(10)13/h2-6,14H,1,7-9H2,(H,15,16). The van der Waals surface area contributed by atoms with E-state index in [0.717, 1.165) is 11.1 Å². The Hall–Kier alpha value is -1.65. The highest BCUT2D eigenvalue weighted by Crippen LogP contribution is 2.30. The van der Waals surface area contributed by atoms with Gasteiger partial charge in [0, 0.05) is 6.54 Å². The van der Waals surface area contributed by atoms with E-state index in [1.807, 2.05) is 24.3 Å². The predicted molar refractivity (Wildman–Crippen MR) is 63.6 cm³/mol. The van der Waals surface area contributed by atoms with Crippen molar-refractivity contribution in [3.05, 3.63) is 48.0 Å². The van der Waals surface area contributed by atoms with Crippen LogP contribution in [0.25, 0.3) is 0 Å². The molecule has 1 unspecified atom stereocenters. The zero-order valence-electron chi connectivity index (χ0n) is 9.48. The molecule has 2 rings (SSSR count). The second-order valence-electron chi connectivity index (χ2n) is 4.03. The monoisotopic (exact) mass is 233 g/mol. The van der Waals surface area contributed by atoms with Gasteiger partial charge in [-0.05, 0) is 11.1 Å². The summed E-state index contributed by atoms with van der Waals surface area (Å²) in [5.41, 5.74) is 0.529. The Morgan fingerprint density at radius 1 is 1.59 bits per heavy atom. The minimum atomic E-state index is -1.16. The number of benzene rings is 1. The third-order valence-corrected chi connectivity index (χ3v) is 2.97. The Labute approximate surface area is 99.9 Å². The topological polar surface area (TPSA) is 58.6 Å². The van der Waals surface area contributed by atoms with Gasteiger partial charge in [0.1, 0.15) is 0 Å². The lowest BCUT2D eigenvalue weighted by Gasteiger charge is -2.35. The molecule has 0 saturated carbocycles. The molecular formula is C13H15NO3. The second-order valence-corrected chi connectivity index (χ2v) is 4.03. The number of carboxylic acids is 1. The second kappa shape index (κ2) is 4.69. The van der Waals surface area contributed by atoms with Gasteiger partial charge < -0.3 is 9.84 Å². The number of carbonyl (C=O) groups is 1. The van der Waals surface area contributed by atoms with Crippen molar-refractivity contribution < 1.29 is 14.6 Å². The molecular weight excluding hydrogens is 218 g/mol. The third kappa shape index (κ3) is 1.97. The van der Waals surface area contributed by atoms with Gasteiger partial charge in [-0.3, -0.25) is 5.32 Å². The number of carboxylic acid groups (broad SMARTS) is 1. The molecule has 4 heteroatoms. The first-order chi connectivity index (χ1) is 8.20. The molecule has 0 aromatic heterocycles. The van der Waals surface area contributed by atoms with Crippen molar-refractivity contribution in [1.29, 1.82) is 0 Å². The van der Waals surface area contributed by atoms with Gasteiger partial charge in [-0.1, -0.05) is 30.3 Å². The van der Waals surface area contributed by atoms with Crippen molar-refractivity contribution in [2.24, 2.45) is 0 Å². The molecule has 0 aliphatic carbocycles. The van der Waals surface area contributed by atoms with Gasteiger partial charge >= 0.3 is 5.97 Å². The molecule has 1 aliphatic rings. The lowest BCUT2D eigenvalue weighted by Crippen LogP contribution is -2.55. The number of ether oxygens (including phenoxy) is 1. The molecule has 0 spiro atoms. The average molecular weight is 233 g/mol. The van der Waals surface area contributed by atoms with Crippen LogP contribution < -0.4 is 5.32 Å². The van der Waals surface area contributed by atoms with Crippen LogP contribution in [0.3, 0.4) is 0 Å². The zero-order chi connectivity index (χ0) is 12.3. The maximum atomic E-state index is 11.6. The van der Waals surface area contributed by atoms with Gasteiger partial charge in [-0.2, -0.15) is 0 Å². The zero-order valence-corrected chi connectivity index (χ0v) is 9.48. The van der Waals surface area contributed by atoms with Crippen molar-refractivity contribution in [1.82, 2.24) is 5.32 Å². The van der Waals surface area contributed by atoms with E-state index in [9.17, 15) is 9.90 Å². The van der Waals surface area contributed by atoms with Crippen molar-refractivity contribution in [3.8, 4) is 0 Å². The highest BCUT2D eigenvalue weighted by molar-refractivity contribution is 5.82. The number of rotatable bonds is 4. The van der Waals surface area contributed by atoms with E-state index in [0.29, 0.717) is 13.2 Å². The van der Waals surface area contributed by atoms with Gasteiger partial charge in [0.25, 0.3) is 0 Å². The fourth-order valence-electron chi connectivity index (χ4n) is 2.10. The van der Waals surface area contributed by atoms with Gasteiger partial charge in [-0.25, -0.2) is 4.79 Å². The van der Waals surface area contributed by atoms with E-state index in [1.54, 1.807) is 6.08 Å². The highest BCUT2D eigenvalue weighted by Gasteiger charge is 2.43. The fraction of sp³-hybridized carbons (Fsp3) is 0.308. The summed E-state index contributed by atoms with van der Waals surface area (Å²) in [6, 6.07) is 7.45. The Kier molecular flexibility index (Phi) is 3.26. The molecule has 17 heavy (non-hydrogen) atoms. The third-order valence-electron chi connectivity index (χ3n) is 2.97. The normalized spacial score (nSPS) is 22.8. The summed E-state index contributed by atoms with van der Waals surface area (Å²) < 4.78 is 5.39. The van der Waals surface area contributed by atoms with Crippen molar-refractivity contribution in [3.63, 3.8) is 0 Å². The summed E-state index contributed by atoms with van der Waals surface area (Å²) in [6.45, 7) is 4.61. The maximum Gasteiger partial charge on any atom is 0.331 e. The molecule has 0 bridgehead atoms. The number of hydrogen-bond donors (Lipinski definition) is 2. The molecule has 1 heterocycles. The maximum absolute atomic E-state index is 11.6. The highest BCUT2D eigenvalue weighted by atomic mass is 16.5. The predicted octanol–water partition coefficient (Wildman–Crippen LogP) is 1.27. The van der Waals surface area contributed by atoms with Crippen LogP contribution in [0.15, 0.2) is 36.9 Å². The van der Waals surface area contributed by atoms with Crippen LogP contribution >= 0.6 is 0 Å². The smallest absolute Gasteiger partial charge is 0.331 e. The van der Waals surface area contributed by atoms with Crippen LogP contribution in [0.2, 0.25) is 0 Å². The first kappa shape index (κ1) is 11.8. The van der Waals surface area contributed by atoms with Crippen LogP contribution in [-0.4, -0.2) is 24.2 Å². The molecule has 1 aromatic carbocycles. The van der Waals surface area contributed by atoms with E-state index in [2.05, 4.69) is 11.9 Å². The van der Waals surface area contributed by atoms with Crippen LogP contribution in [0.5, 0.6) is 0 Å². The summed E-state index contributed by atoms with van der Waals surface area (Å²) in [5.74, 6) is -0.925. The summed E-state index contributed by atoms with van der Waals surface area (Å²) in [7, 11) is 0. The number of nitrogens with one attached hydrogen (secondary N) is 1. The molecule has 0 amide bonds. The molecule has 0 fully saturated rings. The first-order valence-electron chi connectivity index (χ1n) is 5.46. The molecule has 0 radical (unpaired) electrons. The Balaban J connectivity index is 2.47. The largest absolute Gasteiger partial charge is 0.480 e. The molecule has 4 nitrogen and oxygen atoms in total. The van der Waals surface area contributed by atoms with Crippen LogP contribution in [0.4, 0.5) is 0 Å². The molecule has 1 aromatic rings. The Morgan fingerprint density at radius 2 is 2.35 bits per heavy atom. The minimum Gasteiger partial charge on any atom is -0.480 e. The van der Waals surface area contributed by atoms with Gasteiger partial charge in [0.15, 0.2) is 5.54 Å². The number of fused-ring (bicyclic) bond motifs is 1. The number of aliphatic carboxylic acids is 1.